The zero-order valence-corrected chi connectivity index (χ0v) is 17.0. The molecule has 2 aromatic carbocycles. The third kappa shape index (κ3) is 2.93. The van der Waals surface area contributed by atoms with Gasteiger partial charge in [0.25, 0.3) is 0 Å². The summed E-state index contributed by atoms with van der Waals surface area (Å²) < 4.78 is 10.2. The molecule has 2 aliphatic heterocycles. The smallest absolute Gasteiger partial charge is 0.323 e. The molecule has 2 saturated heterocycles. The summed E-state index contributed by atoms with van der Waals surface area (Å²) >= 11 is 0. The molecule has 0 N–H and O–H groups in total. The van der Waals surface area contributed by atoms with Crippen molar-refractivity contribution in [3.8, 4) is 0 Å². The van der Waals surface area contributed by atoms with Gasteiger partial charge in [0.1, 0.15) is 0 Å². The molecule has 0 aliphatic carbocycles. The lowest BCUT2D eigenvalue weighted by Gasteiger charge is -2.55. The highest BCUT2D eigenvalue weighted by Crippen LogP contribution is 2.46. The van der Waals surface area contributed by atoms with E-state index in [9.17, 15) is 14.4 Å². The normalized spacial score (nSPS) is 25.6. The third-order valence-electron chi connectivity index (χ3n) is 6.11. The van der Waals surface area contributed by atoms with Gasteiger partial charge >= 0.3 is 11.9 Å². The third-order valence-corrected chi connectivity index (χ3v) is 6.11. The van der Waals surface area contributed by atoms with Crippen LogP contribution in [0.2, 0.25) is 0 Å². The number of rotatable bonds is 4. The number of ketones is 1. The molecule has 0 aromatic heterocycles. The van der Waals surface area contributed by atoms with Gasteiger partial charge in [-0.3, -0.25) is 14.4 Å². The molecule has 4 rings (SSSR count). The van der Waals surface area contributed by atoms with Crippen molar-refractivity contribution in [3.63, 3.8) is 0 Å². The van der Waals surface area contributed by atoms with Crippen molar-refractivity contribution < 1.29 is 23.9 Å². The Morgan fingerprint density at radius 1 is 0.700 bits per heavy atom. The molecular formula is C23H24N2O5. The van der Waals surface area contributed by atoms with Gasteiger partial charge in [-0.15, -0.1) is 0 Å². The molecule has 7 nitrogen and oxygen atoms in total. The Hall–Kier alpha value is -3.35. The number of hydrogen-bond acceptors (Lipinski definition) is 7. The van der Waals surface area contributed by atoms with E-state index in [1.807, 2.05) is 70.5 Å². The maximum absolute atomic E-state index is 13.8. The number of ether oxygens (including phenoxy) is 2. The van der Waals surface area contributed by atoms with Crippen LogP contribution in [-0.2, 0) is 23.9 Å². The van der Waals surface area contributed by atoms with E-state index >= 15 is 0 Å². The van der Waals surface area contributed by atoms with E-state index in [2.05, 4.69) is 0 Å². The molecule has 2 aromatic rings. The number of esters is 2. The molecule has 0 saturated carbocycles. The molecule has 0 spiro atoms. The van der Waals surface area contributed by atoms with Crippen LogP contribution in [0, 0.1) is 10.8 Å². The van der Waals surface area contributed by atoms with Crippen LogP contribution in [0.3, 0.4) is 0 Å². The van der Waals surface area contributed by atoms with Gasteiger partial charge in [0.05, 0.1) is 14.2 Å². The topological polar surface area (TPSA) is 76.2 Å². The average molecular weight is 408 g/mol. The molecule has 2 heterocycles. The Morgan fingerprint density at radius 2 is 1.03 bits per heavy atom. The number of fused-ring (bicyclic) bond motifs is 2. The summed E-state index contributed by atoms with van der Waals surface area (Å²) in [6.45, 7) is 0.518. The second kappa shape index (κ2) is 7.48. The number of para-hydroxylation sites is 2. The molecule has 2 aliphatic rings. The average Bonchev–Trinajstić information content (AvgIpc) is 2.79. The van der Waals surface area contributed by atoms with Crippen molar-refractivity contribution in [2.24, 2.45) is 10.8 Å². The fraction of sp³-hybridized carbons (Fsp3) is 0.348. The van der Waals surface area contributed by atoms with E-state index < -0.39 is 28.6 Å². The summed E-state index contributed by atoms with van der Waals surface area (Å²) in [6, 6.07) is 18.9. The first kappa shape index (κ1) is 19.9. The summed E-state index contributed by atoms with van der Waals surface area (Å²) in [7, 11) is 2.54. The Kier molecular flexibility index (Phi) is 4.97. The van der Waals surface area contributed by atoms with Crippen LogP contribution in [-0.4, -0.2) is 58.1 Å². The molecule has 2 fully saturated rings. The summed E-state index contributed by atoms with van der Waals surface area (Å²) in [5.41, 5.74) is -1.35. The van der Waals surface area contributed by atoms with E-state index in [1.54, 1.807) is 0 Å². The number of Topliss-reactive ketones (excluding diaryl/α,β-unsaturated/α-hetero) is 1. The van der Waals surface area contributed by atoms with E-state index in [0.717, 1.165) is 11.4 Å². The van der Waals surface area contributed by atoms with Gasteiger partial charge in [0.2, 0.25) is 0 Å². The Morgan fingerprint density at radius 3 is 1.33 bits per heavy atom. The molecule has 156 valence electrons. The van der Waals surface area contributed by atoms with Gasteiger partial charge in [0, 0.05) is 37.6 Å². The quantitative estimate of drug-likeness (QED) is 0.565. The fourth-order valence-electron chi connectivity index (χ4n) is 4.74. The molecule has 0 amide bonds. The van der Waals surface area contributed by atoms with E-state index in [-0.39, 0.29) is 26.2 Å². The van der Waals surface area contributed by atoms with E-state index in [0.29, 0.717) is 0 Å². The highest BCUT2D eigenvalue weighted by Gasteiger charge is 2.68. The van der Waals surface area contributed by atoms with Crippen LogP contribution in [0.5, 0.6) is 0 Å². The number of hydrogen-bond donors (Lipinski definition) is 0. The zero-order valence-electron chi connectivity index (χ0n) is 17.0. The van der Waals surface area contributed by atoms with Crippen molar-refractivity contribution in [1.82, 2.24) is 0 Å². The largest absolute Gasteiger partial charge is 0.468 e. The van der Waals surface area contributed by atoms with E-state index in [1.165, 1.54) is 14.2 Å². The minimum Gasteiger partial charge on any atom is -0.468 e. The van der Waals surface area contributed by atoms with Crippen LogP contribution in [0.4, 0.5) is 11.4 Å². The van der Waals surface area contributed by atoms with Gasteiger partial charge in [-0.2, -0.15) is 0 Å². The second-order valence-corrected chi connectivity index (χ2v) is 7.86. The van der Waals surface area contributed by atoms with Gasteiger partial charge in [-0.05, 0) is 24.3 Å². The van der Waals surface area contributed by atoms with Crippen LogP contribution >= 0.6 is 0 Å². The zero-order chi connectivity index (χ0) is 21.4. The van der Waals surface area contributed by atoms with Gasteiger partial charge in [0.15, 0.2) is 16.6 Å². The maximum atomic E-state index is 13.8. The Balaban J connectivity index is 1.87. The standard InChI is InChI=1S/C23H24N2O5/c1-29-20(27)22-13-24(17-9-5-3-6-10-17)15-23(19(22)26,21(28)30-2)16-25(14-22)18-11-7-4-8-12-18/h3-12H,13-16H2,1-2H3. The highest BCUT2D eigenvalue weighted by atomic mass is 16.5. The number of carbonyl (C=O) groups excluding carboxylic acids is 3. The molecular weight excluding hydrogens is 384 g/mol. The summed E-state index contributed by atoms with van der Waals surface area (Å²) in [4.78, 5) is 43.7. The summed E-state index contributed by atoms with van der Waals surface area (Å²) in [6.07, 6.45) is 0. The minimum atomic E-state index is -1.51. The highest BCUT2D eigenvalue weighted by molar-refractivity contribution is 6.18. The molecule has 7 heteroatoms. The van der Waals surface area contributed by atoms with Crippen LogP contribution in [0.15, 0.2) is 60.7 Å². The van der Waals surface area contributed by atoms with E-state index in [4.69, 9.17) is 9.47 Å². The Bertz CT molecular complexity index is 871. The first-order chi connectivity index (χ1) is 14.5. The predicted octanol–water partition coefficient (Wildman–Crippen LogP) is 1.91. The van der Waals surface area contributed by atoms with Crippen molar-refractivity contribution in [2.75, 3.05) is 50.2 Å². The number of anilines is 2. The fourth-order valence-corrected chi connectivity index (χ4v) is 4.74. The van der Waals surface area contributed by atoms with Gasteiger partial charge in [-0.1, -0.05) is 36.4 Å². The number of piperidine rings is 2. The number of nitrogens with zero attached hydrogens (tertiary/aromatic N) is 2. The number of benzene rings is 2. The molecule has 30 heavy (non-hydrogen) atoms. The summed E-state index contributed by atoms with van der Waals surface area (Å²) in [5, 5.41) is 0. The van der Waals surface area contributed by atoms with Crippen LogP contribution < -0.4 is 9.80 Å². The van der Waals surface area contributed by atoms with Crippen LogP contribution in [0.25, 0.3) is 0 Å². The lowest BCUT2D eigenvalue weighted by Crippen LogP contribution is -2.75. The molecule has 0 radical (unpaired) electrons. The summed E-state index contributed by atoms with van der Waals surface area (Å²) in [5.74, 6) is -1.70. The minimum absolute atomic E-state index is 0.130. The van der Waals surface area contributed by atoms with Crippen molar-refractivity contribution in [1.29, 1.82) is 0 Å². The Labute approximate surface area is 175 Å². The number of methoxy groups -OCH3 is 2. The predicted molar refractivity (Wildman–Crippen MR) is 111 cm³/mol. The maximum Gasteiger partial charge on any atom is 0.323 e. The molecule has 0 unspecified atom stereocenters. The SMILES string of the molecule is COC(=O)C12CN(c3ccccc3)CC(C(=O)OC)(CN(c3ccccc3)C1)C2=O. The van der Waals surface area contributed by atoms with Crippen LogP contribution in [0.1, 0.15) is 0 Å². The van der Waals surface area contributed by atoms with Crippen molar-refractivity contribution in [3.05, 3.63) is 60.7 Å². The molecule has 0 atom stereocenters. The molecule has 2 bridgehead atoms. The number of carbonyl (C=O) groups is 3. The lowest BCUT2D eigenvalue weighted by atomic mass is 9.62. The van der Waals surface area contributed by atoms with Crippen molar-refractivity contribution >= 4 is 29.1 Å². The first-order valence-electron chi connectivity index (χ1n) is 9.78. The van der Waals surface area contributed by atoms with Gasteiger partial charge in [-0.25, -0.2) is 0 Å². The van der Waals surface area contributed by atoms with Crippen molar-refractivity contribution in [2.45, 2.75) is 0 Å². The second-order valence-electron chi connectivity index (χ2n) is 7.86. The lowest BCUT2D eigenvalue weighted by molar-refractivity contribution is -0.172. The monoisotopic (exact) mass is 408 g/mol. The van der Waals surface area contributed by atoms with Gasteiger partial charge < -0.3 is 19.3 Å². The first-order valence-corrected chi connectivity index (χ1v) is 9.78.